The van der Waals surface area contributed by atoms with E-state index in [1.807, 2.05) is 0 Å². The normalized spacial score (nSPS) is 42.6. The van der Waals surface area contributed by atoms with E-state index in [0.717, 1.165) is 0 Å². The van der Waals surface area contributed by atoms with E-state index in [1.165, 1.54) is 0 Å². The van der Waals surface area contributed by atoms with Crippen LogP contribution in [0.1, 0.15) is 0 Å². The van der Waals surface area contributed by atoms with E-state index >= 15 is 0 Å². The second-order valence-corrected chi connectivity index (χ2v) is 2.15. The number of aliphatic hydroxyl groups excluding tert-OH is 3. The third-order valence-corrected chi connectivity index (χ3v) is 1.41. The van der Waals surface area contributed by atoms with E-state index in [-0.39, 0.29) is 6.61 Å². The third kappa shape index (κ3) is 1.02. The van der Waals surface area contributed by atoms with E-state index in [2.05, 4.69) is 4.74 Å². The zero-order chi connectivity index (χ0) is 7.78. The van der Waals surface area contributed by atoms with Gasteiger partial charge >= 0.3 is 0 Å². The van der Waals surface area contributed by atoms with Crippen LogP contribution < -0.4 is 0 Å². The van der Waals surface area contributed by atoms with Crippen molar-refractivity contribution in [3.63, 3.8) is 0 Å². The molecule has 5 heteroatoms. The van der Waals surface area contributed by atoms with Crippen molar-refractivity contribution in [2.75, 3.05) is 13.2 Å². The van der Waals surface area contributed by atoms with Gasteiger partial charge in [0, 0.05) is 0 Å². The van der Waals surface area contributed by atoms with Gasteiger partial charge in [0.1, 0.15) is 12.7 Å². The molecule has 2 atom stereocenters. The van der Waals surface area contributed by atoms with Crippen LogP contribution in [0.25, 0.3) is 0 Å². The minimum Gasteiger partial charge on any atom is -0.391 e. The number of ether oxygens (including phenoxy) is 1. The molecule has 0 aromatic carbocycles. The predicted octanol–water partition coefficient (Wildman–Crippen LogP) is -2.04. The molecule has 0 saturated carbocycles. The summed E-state index contributed by atoms with van der Waals surface area (Å²) in [5.74, 6) is -2.06. The van der Waals surface area contributed by atoms with Crippen LogP contribution in [0.2, 0.25) is 0 Å². The third-order valence-electron chi connectivity index (χ3n) is 1.41. The molecule has 0 bridgehead atoms. The van der Waals surface area contributed by atoms with Crippen molar-refractivity contribution in [2.45, 2.75) is 11.9 Å². The van der Waals surface area contributed by atoms with Gasteiger partial charge in [0.25, 0.3) is 0 Å². The van der Waals surface area contributed by atoms with Gasteiger partial charge in [-0.2, -0.15) is 0 Å². The van der Waals surface area contributed by atoms with Gasteiger partial charge in [-0.1, -0.05) is 0 Å². The lowest BCUT2D eigenvalue weighted by atomic mass is 10.1. The monoisotopic (exact) mass is 149 g/mol. The van der Waals surface area contributed by atoms with Gasteiger partial charge in [-0.3, -0.25) is 0 Å². The average molecular weight is 149 g/mol. The molecule has 1 aliphatic rings. The number of hydrogen-bond donors (Lipinski definition) is 4. The lowest BCUT2D eigenvalue weighted by Crippen LogP contribution is -2.39. The van der Waals surface area contributed by atoms with Gasteiger partial charge in [0.15, 0.2) is 6.10 Å². The first kappa shape index (κ1) is 7.90. The van der Waals surface area contributed by atoms with Crippen LogP contribution in [-0.2, 0) is 4.74 Å². The number of rotatable bonds is 1. The zero-order valence-electron chi connectivity index (χ0n) is 5.19. The Hall–Kier alpha value is -0.200. The molecule has 1 rings (SSSR count). The van der Waals surface area contributed by atoms with Crippen molar-refractivity contribution in [2.24, 2.45) is 0 Å². The van der Waals surface area contributed by atoms with E-state index in [0.29, 0.717) is 0 Å². The summed E-state index contributed by atoms with van der Waals surface area (Å²) in [4.78, 5) is 0. The lowest BCUT2D eigenvalue weighted by molar-refractivity contribution is -0.203. The van der Waals surface area contributed by atoms with Gasteiger partial charge in [-0.15, -0.1) is 0 Å². The Balaban J connectivity index is 2.64. The maximum absolute atomic E-state index is 9.02. The zero-order valence-corrected chi connectivity index (χ0v) is 5.19. The summed E-state index contributed by atoms with van der Waals surface area (Å²) in [5.41, 5.74) is 0. The van der Waals surface area contributed by atoms with Crippen molar-refractivity contribution in [3.05, 3.63) is 6.10 Å². The molecule has 0 spiro atoms. The summed E-state index contributed by atoms with van der Waals surface area (Å²) < 4.78 is 4.48. The van der Waals surface area contributed by atoms with Crippen molar-refractivity contribution in [3.8, 4) is 0 Å². The van der Waals surface area contributed by atoms with E-state index in [1.54, 1.807) is 0 Å². The molecule has 1 aliphatic heterocycles. The molecule has 1 radical (unpaired) electrons. The largest absolute Gasteiger partial charge is 0.391 e. The molecule has 5 nitrogen and oxygen atoms in total. The Morgan fingerprint density at radius 3 is 2.50 bits per heavy atom. The Labute approximate surface area is 57.5 Å². The van der Waals surface area contributed by atoms with E-state index in [4.69, 9.17) is 20.4 Å². The molecule has 0 unspecified atom stereocenters. The highest BCUT2D eigenvalue weighted by Crippen LogP contribution is 2.28. The first-order chi connectivity index (χ1) is 4.60. The second-order valence-electron chi connectivity index (χ2n) is 2.15. The standard InChI is InChI=1S/C5H9O5/c6-2-5(9)4(8)3(7)1-10-5/h3,6-9H,1-2H2/t3-,5-/m1/s1. The maximum atomic E-state index is 9.02. The van der Waals surface area contributed by atoms with Crippen molar-refractivity contribution < 1.29 is 25.2 Å². The highest BCUT2D eigenvalue weighted by atomic mass is 16.7. The summed E-state index contributed by atoms with van der Waals surface area (Å²) in [5, 5.41) is 35.1. The van der Waals surface area contributed by atoms with Gasteiger partial charge in [0.2, 0.25) is 5.79 Å². The fourth-order valence-electron chi connectivity index (χ4n) is 0.757. The minimum atomic E-state index is -2.06. The molecule has 59 valence electrons. The molecule has 1 saturated heterocycles. The smallest absolute Gasteiger partial charge is 0.225 e. The van der Waals surface area contributed by atoms with Crippen molar-refractivity contribution in [1.29, 1.82) is 0 Å². The van der Waals surface area contributed by atoms with Crippen LogP contribution >= 0.6 is 0 Å². The molecule has 4 N–H and O–H groups in total. The summed E-state index contributed by atoms with van der Waals surface area (Å²) >= 11 is 0. The Morgan fingerprint density at radius 1 is 1.70 bits per heavy atom. The number of aliphatic hydroxyl groups is 4. The van der Waals surface area contributed by atoms with Gasteiger partial charge in [-0.05, 0) is 0 Å². The molecule has 1 fully saturated rings. The highest BCUT2D eigenvalue weighted by molar-refractivity contribution is 5.03. The Bertz CT molecular complexity index is 127. The quantitative estimate of drug-likeness (QED) is 0.345. The summed E-state index contributed by atoms with van der Waals surface area (Å²) in [6, 6.07) is 0. The molecular formula is C5H9O5. The van der Waals surface area contributed by atoms with Crippen molar-refractivity contribution >= 4 is 0 Å². The van der Waals surface area contributed by atoms with Gasteiger partial charge in [-0.25, -0.2) is 0 Å². The Kier molecular flexibility index (Phi) is 1.93. The van der Waals surface area contributed by atoms with Crippen LogP contribution in [0, 0.1) is 6.10 Å². The first-order valence-electron chi connectivity index (χ1n) is 2.81. The predicted molar refractivity (Wildman–Crippen MR) is 29.2 cm³/mol. The topological polar surface area (TPSA) is 90.2 Å². The van der Waals surface area contributed by atoms with Crippen LogP contribution in [0.15, 0.2) is 0 Å². The second kappa shape index (κ2) is 2.44. The van der Waals surface area contributed by atoms with Crippen LogP contribution in [0.4, 0.5) is 0 Å². The van der Waals surface area contributed by atoms with E-state index in [9.17, 15) is 0 Å². The SMILES string of the molecule is OC[C@@]1(O)OC[C@@H](O)[C]1O. The van der Waals surface area contributed by atoms with Crippen molar-refractivity contribution in [1.82, 2.24) is 0 Å². The Morgan fingerprint density at radius 2 is 2.30 bits per heavy atom. The fraction of sp³-hybridized carbons (Fsp3) is 0.800. The maximum Gasteiger partial charge on any atom is 0.225 e. The molecule has 0 aromatic heterocycles. The summed E-state index contributed by atoms with van der Waals surface area (Å²) in [6.45, 7) is -0.946. The summed E-state index contributed by atoms with van der Waals surface area (Å²) in [7, 11) is 0. The number of hydrogen-bond acceptors (Lipinski definition) is 5. The molecule has 0 amide bonds. The van der Waals surface area contributed by atoms with Crippen LogP contribution in [0.5, 0.6) is 0 Å². The van der Waals surface area contributed by atoms with Gasteiger partial charge in [0.05, 0.1) is 6.61 Å². The van der Waals surface area contributed by atoms with Gasteiger partial charge < -0.3 is 25.2 Å². The first-order valence-corrected chi connectivity index (χ1v) is 2.81. The molecule has 10 heavy (non-hydrogen) atoms. The molecule has 0 aliphatic carbocycles. The fourth-order valence-corrected chi connectivity index (χ4v) is 0.757. The molecule has 0 aromatic rings. The average Bonchev–Trinajstić information content (AvgIpc) is 2.19. The van der Waals surface area contributed by atoms with Crippen LogP contribution in [-0.4, -0.2) is 45.5 Å². The van der Waals surface area contributed by atoms with E-state index < -0.39 is 24.6 Å². The van der Waals surface area contributed by atoms with Crippen LogP contribution in [0.3, 0.4) is 0 Å². The highest BCUT2D eigenvalue weighted by Gasteiger charge is 2.48. The lowest BCUT2D eigenvalue weighted by Gasteiger charge is -2.21. The minimum absolute atomic E-state index is 0.192. The molecular weight excluding hydrogens is 140 g/mol. The molecule has 1 heterocycles. The summed E-state index contributed by atoms with van der Waals surface area (Å²) in [6.07, 6.45) is -1.83.